The second kappa shape index (κ2) is 7.15. The molecule has 0 aromatic carbocycles. The molecule has 0 atom stereocenters. The van der Waals surface area contributed by atoms with Crippen LogP contribution in [-0.2, 0) is 19.3 Å². The summed E-state index contributed by atoms with van der Waals surface area (Å²) in [6.07, 6.45) is 5.78. The molecule has 22 heavy (non-hydrogen) atoms. The summed E-state index contributed by atoms with van der Waals surface area (Å²) >= 11 is 1.81. The lowest BCUT2D eigenvalue weighted by molar-refractivity contribution is 0.708. The summed E-state index contributed by atoms with van der Waals surface area (Å²) in [6.45, 7) is 7.16. The first-order valence-corrected chi connectivity index (χ1v) is 8.76. The maximum absolute atomic E-state index is 4.59. The SMILES string of the molecule is Cc1nc(CCCNc2ncnc3c2CCNCC3)sc1C. The highest BCUT2D eigenvalue weighted by Gasteiger charge is 2.13. The van der Waals surface area contributed by atoms with Gasteiger partial charge in [-0.1, -0.05) is 0 Å². The molecule has 0 amide bonds. The highest BCUT2D eigenvalue weighted by atomic mass is 32.1. The maximum Gasteiger partial charge on any atom is 0.132 e. The molecule has 0 radical (unpaired) electrons. The zero-order valence-electron chi connectivity index (χ0n) is 13.3. The Balaban J connectivity index is 1.55. The fraction of sp³-hybridized carbons (Fsp3) is 0.562. The van der Waals surface area contributed by atoms with E-state index in [0.29, 0.717) is 0 Å². The number of hydrogen-bond donors (Lipinski definition) is 2. The average Bonchev–Trinajstić information content (AvgIpc) is 2.72. The number of anilines is 1. The van der Waals surface area contributed by atoms with Gasteiger partial charge in [0.15, 0.2) is 0 Å². The van der Waals surface area contributed by atoms with Crippen molar-refractivity contribution in [2.45, 2.75) is 39.5 Å². The van der Waals surface area contributed by atoms with Gasteiger partial charge in [-0.25, -0.2) is 15.0 Å². The van der Waals surface area contributed by atoms with Crippen molar-refractivity contribution in [1.29, 1.82) is 0 Å². The van der Waals surface area contributed by atoms with Crippen LogP contribution in [0.5, 0.6) is 0 Å². The molecule has 0 saturated carbocycles. The molecule has 2 N–H and O–H groups in total. The third-order valence-corrected chi connectivity index (χ3v) is 5.19. The maximum atomic E-state index is 4.59. The summed E-state index contributed by atoms with van der Waals surface area (Å²) in [5, 5.41) is 8.14. The minimum absolute atomic E-state index is 0.925. The number of nitrogens with zero attached hydrogens (tertiary/aromatic N) is 3. The van der Waals surface area contributed by atoms with E-state index in [2.05, 4.69) is 39.4 Å². The Morgan fingerprint density at radius 1 is 1.23 bits per heavy atom. The van der Waals surface area contributed by atoms with Gasteiger partial charge in [-0.3, -0.25) is 0 Å². The normalized spacial score (nSPS) is 14.5. The van der Waals surface area contributed by atoms with E-state index in [-0.39, 0.29) is 0 Å². The second-order valence-corrected chi connectivity index (χ2v) is 6.96. The van der Waals surface area contributed by atoms with E-state index in [1.54, 1.807) is 6.33 Å². The quantitative estimate of drug-likeness (QED) is 0.829. The Kier molecular flexibility index (Phi) is 5.00. The van der Waals surface area contributed by atoms with Gasteiger partial charge in [0.05, 0.1) is 16.4 Å². The van der Waals surface area contributed by atoms with Crippen molar-refractivity contribution in [3.05, 3.63) is 33.2 Å². The summed E-state index contributed by atoms with van der Waals surface area (Å²) in [6, 6.07) is 0. The van der Waals surface area contributed by atoms with Gasteiger partial charge < -0.3 is 10.6 Å². The first-order chi connectivity index (χ1) is 10.7. The minimum Gasteiger partial charge on any atom is -0.370 e. The standard InChI is InChI=1S/C16H23N5S/c1-11-12(2)22-15(21-11)4-3-7-18-16-13-5-8-17-9-6-14(13)19-10-20-16/h10,17H,3-9H2,1-2H3,(H,18,19,20). The van der Waals surface area contributed by atoms with E-state index in [1.165, 1.54) is 26.8 Å². The summed E-state index contributed by atoms with van der Waals surface area (Å²) < 4.78 is 0. The molecule has 1 aliphatic rings. The molecule has 0 aliphatic carbocycles. The zero-order valence-corrected chi connectivity index (χ0v) is 14.1. The molecule has 2 aromatic heterocycles. The molecule has 6 heteroatoms. The van der Waals surface area contributed by atoms with Crippen LogP contribution in [0.15, 0.2) is 6.33 Å². The van der Waals surface area contributed by atoms with E-state index in [9.17, 15) is 0 Å². The third kappa shape index (κ3) is 3.62. The van der Waals surface area contributed by atoms with Crippen LogP contribution in [0.1, 0.15) is 33.3 Å². The number of nitrogens with one attached hydrogen (secondary N) is 2. The number of rotatable bonds is 5. The molecule has 0 unspecified atom stereocenters. The van der Waals surface area contributed by atoms with E-state index in [1.807, 2.05) is 11.3 Å². The van der Waals surface area contributed by atoms with E-state index < -0.39 is 0 Å². The number of thiazole rings is 1. The van der Waals surface area contributed by atoms with E-state index in [0.717, 1.165) is 51.1 Å². The molecule has 3 heterocycles. The van der Waals surface area contributed by atoms with Gasteiger partial charge in [0.25, 0.3) is 0 Å². The predicted octanol–water partition coefficient (Wildman–Crippen LogP) is 2.28. The Morgan fingerprint density at radius 3 is 2.91 bits per heavy atom. The topological polar surface area (TPSA) is 62.7 Å². The van der Waals surface area contributed by atoms with Gasteiger partial charge in [0.2, 0.25) is 0 Å². The van der Waals surface area contributed by atoms with Crippen LogP contribution in [0.25, 0.3) is 0 Å². The largest absolute Gasteiger partial charge is 0.370 e. The van der Waals surface area contributed by atoms with E-state index in [4.69, 9.17) is 0 Å². The second-order valence-electron chi connectivity index (χ2n) is 5.68. The molecule has 0 bridgehead atoms. The van der Waals surface area contributed by atoms with Crippen LogP contribution in [0.3, 0.4) is 0 Å². The monoisotopic (exact) mass is 317 g/mol. The summed E-state index contributed by atoms with van der Waals surface area (Å²) in [5.74, 6) is 1.01. The zero-order chi connectivity index (χ0) is 15.4. The van der Waals surface area contributed by atoms with Crippen molar-refractivity contribution in [2.24, 2.45) is 0 Å². The highest BCUT2D eigenvalue weighted by Crippen LogP contribution is 2.19. The first kappa shape index (κ1) is 15.4. The van der Waals surface area contributed by atoms with Crippen molar-refractivity contribution in [1.82, 2.24) is 20.3 Å². The van der Waals surface area contributed by atoms with Gasteiger partial charge in [-0.05, 0) is 33.2 Å². The molecule has 1 aliphatic heterocycles. The van der Waals surface area contributed by atoms with Crippen molar-refractivity contribution < 1.29 is 0 Å². The highest BCUT2D eigenvalue weighted by molar-refractivity contribution is 7.11. The predicted molar refractivity (Wildman–Crippen MR) is 90.7 cm³/mol. The number of fused-ring (bicyclic) bond motifs is 1. The lowest BCUT2D eigenvalue weighted by atomic mass is 10.1. The number of aryl methyl sites for hydroxylation is 3. The molecule has 2 aromatic rings. The average molecular weight is 317 g/mol. The van der Waals surface area contributed by atoms with Gasteiger partial charge >= 0.3 is 0 Å². The van der Waals surface area contributed by atoms with Crippen LogP contribution in [-0.4, -0.2) is 34.6 Å². The molecule has 0 fully saturated rings. The van der Waals surface area contributed by atoms with Crippen molar-refractivity contribution in [3.63, 3.8) is 0 Å². The molecular formula is C16H23N5S. The first-order valence-electron chi connectivity index (χ1n) is 7.94. The van der Waals surface area contributed by atoms with Crippen molar-refractivity contribution in [2.75, 3.05) is 25.0 Å². The molecule has 118 valence electrons. The van der Waals surface area contributed by atoms with Gasteiger partial charge in [-0.2, -0.15) is 0 Å². The van der Waals surface area contributed by atoms with Gasteiger partial charge in [0.1, 0.15) is 12.1 Å². The van der Waals surface area contributed by atoms with Crippen LogP contribution in [0, 0.1) is 13.8 Å². The molecule has 0 spiro atoms. The third-order valence-electron chi connectivity index (χ3n) is 4.06. The Hall–Kier alpha value is -1.53. The van der Waals surface area contributed by atoms with Crippen LogP contribution in [0.4, 0.5) is 5.82 Å². The Bertz CT molecular complexity index is 618. The fourth-order valence-electron chi connectivity index (χ4n) is 2.72. The van der Waals surface area contributed by atoms with Gasteiger partial charge in [-0.15, -0.1) is 11.3 Å². The van der Waals surface area contributed by atoms with Crippen LogP contribution < -0.4 is 10.6 Å². The molecule has 0 saturated heterocycles. The molecule has 3 rings (SSSR count). The molecular weight excluding hydrogens is 294 g/mol. The van der Waals surface area contributed by atoms with Crippen LogP contribution >= 0.6 is 11.3 Å². The summed E-state index contributed by atoms with van der Waals surface area (Å²) in [4.78, 5) is 14.8. The Morgan fingerprint density at radius 2 is 2.09 bits per heavy atom. The number of aromatic nitrogens is 3. The number of hydrogen-bond acceptors (Lipinski definition) is 6. The fourth-order valence-corrected chi connectivity index (χ4v) is 3.69. The summed E-state index contributed by atoms with van der Waals surface area (Å²) in [7, 11) is 0. The van der Waals surface area contributed by atoms with Crippen LogP contribution in [0.2, 0.25) is 0 Å². The van der Waals surface area contributed by atoms with Gasteiger partial charge in [0, 0.05) is 36.4 Å². The lowest BCUT2D eigenvalue weighted by Crippen LogP contribution is -2.16. The molecule has 5 nitrogen and oxygen atoms in total. The lowest BCUT2D eigenvalue weighted by Gasteiger charge is -2.11. The van der Waals surface area contributed by atoms with Crippen molar-refractivity contribution >= 4 is 17.2 Å². The summed E-state index contributed by atoms with van der Waals surface area (Å²) in [5.41, 5.74) is 3.64. The minimum atomic E-state index is 0.925. The smallest absolute Gasteiger partial charge is 0.132 e. The Labute approximate surface area is 135 Å². The van der Waals surface area contributed by atoms with Crippen molar-refractivity contribution in [3.8, 4) is 0 Å². The van der Waals surface area contributed by atoms with E-state index >= 15 is 0 Å².